The standard InChI is InChI=1S/C28H58O8Si/c1-7-8-9-10-11-12-13-14-27(29)35-25-23-33-21-19-31-17-15-30-16-18-32-20-22-34-24-26-36-37(5,6)28(2,3)4/h7-26H2,1-6H3. The molecular weight excluding hydrogens is 492 g/mol. The molecule has 0 N–H and O–H groups in total. The van der Waals surface area contributed by atoms with Gasteiger partial charge in [0.15, 0.2) is 8.32 Å². The van der Waals surface area contributed by atoms with Gasteiger partial charge in [0.2, 0.25) is 0 Å². The average molecular weight is 551 g/mol. The predicted octanol–water partition coefficient (Wildman–Crippen LogP) is 5.78. The minimum atomic E-state index is -1.69. The maximum atomic E-state index is 11.7. The Morgan fingerprint density at radius 1 is 0.568 bits per heavy atom. The van der Waals surface area contributed by atoms with Gasteiger partial charge in [0.1, 0.15) is 6.61 Å². The average Bonchev–Trinajstić information content (AvgIpc) is 2.84. The van der Waals surface area contributed by atoms with E-state index in [1.54, 1.807) is 0 Å². The van der Waals surface area contributed by atoms with Crippen molar-refractivity contribution in [3.05, 3.63) is 0 Å². The second-order valence-corrected chi connectivity index (χ2v) is 15.6. The van der Waals surface area contributed by atoms with Crippen molar-refractivity contribution in [3.8, 4) is 0 Å². The first-order valence-electron chi connectivity index (χ1n) is 14.4. The number of esters is 1. The maximum absolute atomic E-state index is 11.7. The van der Waals surface area contributed by atoms with Crippen molar-refractivity contribution in [2.75, 3.05) is 79.3 Å². The molecule has 0 amide bonds. The molecule has 0 saturated heterocycles. The highest BCUT2D eigenvalue weighted by Crippen LogP contribution is 2.36. The van der Waals surface area contributed by atoms with Gasteiger partial charge >= 0.3 is 5.97 Å². The summed E-state index contributed by atoms with van der Waals surface area (Å²) >= 11 is 0. The Kier molecular flexibility index (Phi) is 24.1. The summed E-state index contributed by atoms with van der Waals surface area (Å²) in [6.07, 6.45) is 8.87. The van der Waals surface area contributed by atoms with E-state index in [4.69, 9.17) is 32.8 Å². The Morgan fingerprint density at radius 3 is 1.38 bits per heavy atom. The molecule has 0 aromatic rings. The summed E-state index contributed by atoms with van der Waals surface area (Å²) < 4.78 is 38.7. The van der Waals surface area contributed by atoms with E-state index in [0.29, 0.717) is 85.7 Å². The fraction of sp³-hybridized carbons (Fsp3) is 0.964. The van der Waals surface area contributed by atoms with Crippen LogP contribution < -0.4 is 0 Å². The lowest BCUT2D eigenvalue weighted by Crippen LogP contribution is -2.41. The monoisotopic (exact) mass is 550 g/mol. The molecule has 0 bridgehead atoms. The zero-order valence-electron chi connectivity index (χ0n) is 24.9. The van der Waals surface area contributed by atoms with Crippen molar-refractivity contribution in [2.24, 2.45) is 0 Å². The van der Waals surface area contributed by atoms with Gasteiger partial charge < -0.3 is 32.8 Å². The molecule has 0 fully saturated rings. The Labute approximate surface area is 228 Å². The second-order valence-electron chi connectivity index (χ2n) is 10.8. The van der Waals surface area contributed by atoms with Crippen LogP contribution >= 0.6 is 0 Å². The maximum Gasteiger partial charge on any atom is 0.305 e. The van der Waals surface area contributed by atoms with Gasteiger partial charge in [-0.1, -0.05) is 66.2 Å². The molecule has 222 valence electrons. The minimum Gasteiger partial charge on any atom is -0.463 e. The molecule has 37 heavy (non-hydrogen) atoms. The van der Waals surface area contributed by atoms with E-state index in [-0.39, 0.29) is 11.0 Å². The molecule has 0 aliphatic heterocycles. The third-order valence-electron chi connectivity index (χ3n) is 6.46. The molecule has 0 atom stereocenters. The Bertz CT molecular complexity index is 511. The third-order valence-corrected chi connectivity index (χ3v) is 11.0. The van der Waals surface area contributed by atoms with E-state index >= 15 is 0 Å². The predicted molar refractivity (Wildman–Crippen MR) is 151 cm³/mol. The van der Waals surface area contributed by atoms with Gasteiger partial charge in [0.05, 0.1) is 72.7 Å². The van der Waals surface area contributed by atoms with Crippen LogP contribution in [-0.2, 0) is 37.6 Å². The lowest BCUT2D eigenvalue weighted by Gasteiger charge is -2.36. The summed E-state index contributed by atoms with van der Waals surface area (Å²) in [6, 6.07) is 0. The Balaban J connectivity index is 3.23. The molecule has 0 heterocycles. The summed E-state index contributed by atoms with van der Waals surface area (Å²) in [4.78, 5) is 11.7. The molecule has 8 nitrogen and oxygen atoms in total. The first-order chi connectivity index (χ1) is 17.7. The summed E-state index contributed by atoms with van der Waals surface area (Å²) in [5, 5.41) is 0.221. The van der Waals surface area contributed by atoms with E-state index in [0.717, 1.165) is 12.8 Å². The van der Waals surface area contributed by atoms with Gasteiger partial charge in [-0.15, -0.1) is 0 Å². The highest BCUT2D eigenvalue weighted by molar-refractivity contribution is 6.74. The Hall–Kier alpha value is -0.553. The zero-order valence-corrected chi connectivity index (χ0v) is 25.9. The number of unbranched alkanes of at least 4 members (excludes halogenated alkanes) is 6. The fourth-order valence-electron chi connectivity index (χ4n) is 3.07. The lowest BCUT2D eigenvalue weighted by atomic mass is 10.1. The summed E-state index contributed by atoms with van der Waals surface area (Å²) in [7, 11) is -1.69. The molecule has 0 rings (SSSR count). The first-order valence-corrected chi connectivity index (χ1v) is 17.3. The number of ether oxygens (including phenoxy) is 6. The smallest absolute Gasteiger partial charge is 0.305 e. The molecule has 0 aromatic carbocycles. The molecule has 0 radical (unpaired) electrons. The fourth-order valence-corrected chi connectivity index (χ4v) is 4.09. The molecular formula is C28H58O8Si. The van der Waals surface area contributed by atoms with Crippen LogP contribution in [-0.4, -0.2) is 93.6 Å². The van der Waals surface area contributed by atoms with Gasteiger partial charge in [-0.3, -0.25) is 4.79 Å². The van der Waals surface area contributed by atoms with Crippen molar-refractivity contribution < 1.29 is 37.6 Å². The molecule has 0 spiro atoms. The van der Waals surface area contributed by atoms with Gasteiger partial charge in [-0.05, 0) is 24.6 Å². The van der Waals surface area contributed by atoms with Gasteiger partial charge in [-0.25, -0.2) is 0 Å². The minimum absolute atomic E-state index is 0.131. The van der Waals surface area contributed by atoms with Crippen molar-refractivity contribution in [3.63, 3.8) is 0 Å². The number of hydrogen-bond acceptors (Lipinski definition) is 8. The number of rotatable bonds is 27. The summed E-state index contributed by atoms with van der Waals surface area (Å²) in [5.41, 5.74) is 0. The number of carbonyl (C=O) groups is 1. The summed E-state index contributed by atoms with van der Waals surface area (Å²) in [6.45, 7) is 19.5. The topological polar surface area (TPSA) is 81.7 Å². The van der Waals surface area contributed by atoms with Crippen LogP contribution in [0.15, 0.2) is 0 Å². The van der Waals surface area contributed by atoms with Crippen LogP contribution in [0.1, 0.15) is 79.1 Å². The van der Waals surface area contributed by atoms with Crippen LogP contribution in [0.3, 0.4) is 0 Å². The lowest BCUT2D eigenvalue weighted by molar-refractivity contribution is -0.145. The number of hydrogen-bond donors (Lipinski definition) is 0. The normalized spacial score (nSPS) is 12.3. The van der Waals surface area contributed by atoms with Crippen molar-refractivity contribution in [2.45, 2.75) is 97.2 Å². The molecule has 0 saturated carbocycles. The van der Waals surface area contributed by atoms with Crippen LogP contribution in [0.25, 0.3) is 0 Å². The van der Waals surface area contributed by atoms with Gasteiger partial charge in [0, 0.05) is 6.42 Å². The van der Waals surface area contributed by atoms with Crippen molar-refractivity contribution in [1.29, 1.82) is 0 Å². The molecule has 0 aliphatic rings. The van der Waals surface area contributed by atoms with Crippen LogP contribution in [0.2, 0.25) is 18.1 Å². The van der Waals surface area contributed by atoms with Crippen LogP contribution in [0.5, 0.6) is 0 Å². The van der Waals surface area contributed by atoms with E-state index in [9.17, 15) is 4.79 Å². The van der Waals surface area contributed by atoms with E-state index in [1.807, 2.05) is 0 Å². The highest BCUT2D eigenvalue weighted by Gasteiger charge is 2.36. The number of carbonyl (C=O) groups excluding carboxylic acids is 1. The Morgan fingerprint density at radius 2 is 0.946 bits per heavy atom. The van der Waals surface area contributed by atoms with E-state index < -0.39 is 8.32 Å². The van der Waals surface area contributed by atoms with Crippen molar-refractivity contribution in [1.82, 2.24) is 0 Å². The van der Waals surface area contributed by atoms with Gasteiger partial charge in [0.25, 0.3) is 0 Å². The highest BCUT2D eigenvalue weighted by atomic mass is 28.4. The molecule has 0 aromatic heterocycles. The first kappa shape index (κ1) is 36.4. The summed E-state index contributed by atoms with van der Waals surface area (Å²) in [5.74, 6) is -0.131. The van der Waals surface area contributed by atoms with E-state index in [2.05, 4.69) is 40.8 Å². The van der Waals surface area contributed by atoms with Crippen LogP contribution in [0.4, 0.5) is 0 Å². The molecule has 0 aliphatic carbocycles. The SMILES string of the molecule is CCCCCCCCCC(=O)OCCOCCOCCOCCOCCOCCO[Si](C)(C)C(C)(C)C. The largest absolute Gasteiger partial charge is 0.463 e. The van der Waals surface area contributed by atoms with E-state index in [1.165, 1.54) is 32.1 Å². The van der Waals surface area contributed by atoms with Crippen molar-refractivity contribution >= 4 is 14.3 Å². The third kappa shape index (κ3) is 24.2. The second kappa shape index (κ2) is 24.5. The molecule has 9 heteroatoms. The quantitative estimate of drug-likeness (QED) is 0.0724. The molecule has 0 unspecified atom stereocenters. The van der Waals surface area contributed by atoms with Crippen LogP contribution in [0, 0.1) is 0 Å². The zero-order chi connectivity index (χ0) is 27.7. The van der Waals surface area contributed by atoms with Gasteiger partial charge in [-0.2, -0.15) is 0 Å².